The molecule has 1 aromatic carbocycles. The second-order valence-electron chi connectivity index (χ2n) is 11.9. The average molecular weight is 615 g/mol. The second kappa shape index (κ2) is 12.9. The van der Waals surface area contributed by atoms with Crippen molar-refractivity contribution in [2.45, 2.75) is 58.2 Å². The highest BCUT2D eigenvalue weighted by Crippen LogP contribution is 2.25. The molecule has 2 aliphatic heterocycles. The van der Waals surface area contributed by atoms with Crippen molar-refractivity contribution >= 4 is 52.3 Å². The number of rotatable bonds is 2. The molecular formula is C32H38N8O5. The summed E-state index contributed by atoms with van der Waals surface area (Å²) in [5, 5.41) is 6.45. The number of ether oxygens (including phenoxy) is 1. The van der Waals surface area contributed by atoms with E-state index in [9.17, 15) is 19.2 Å². The standard InChI is InChI=1S/C32H38N8O5/c1-19-30(43)40-16-6-8-23(37-40)28(41)38-39(4)27-13-12-21-11-10-20(17-24(21)36-27)14-15-32(2,3)31(44)45-25(29(42)34-19)18-22-7-5-9-26(33)35-22/h5,7,9-15,17,19,23,25,37H,6,8,16,18H2,1-4H3,(H2,33,35)(H,34,42)(H,38,41)/b15-14+/t19-,23-,25?/m0/s1. The van der Waals surface area contributed by atoms with Gasteiger partial charge in [0.25, 0.3) is 17.7 Å². The molecule has 2 aliphatic rings. The largest absolute Gasteiger partial charge is 0.451 e. The van der Waals surface area contributed by atoms with Crippen LogP contribution in [0.2, 0.25) is 0 Å². The highest BCUT2D eigenvalue weighted by atomic mass is 16.5. The van der Waals surface area contributed by atoms with E-state index < -0.39 is 41.4 Å². The van der Waals surface area contributed by atoms with Crippen molar-refractivity contribution < 1.29 is 23.9 Å². The lowest BCUT2D eigenvalue weighted by Gasteiger charge is -2.35. The zero-order chi connectivity index (χ0) is 32.3. The molecule has 0 aliphatic carbocycles. The van der Waals surface area contributed by atoms with Crippen LogP contribution < -0.4 is 26.9 Å². The number of esters is 1. The molecule has 3 atom stereocenters. The first-order valence-corrected chi connectivity index (χ1v) is 14.8. The Kier molecular flexibility index (Phi) is 9.00. The number of pyridine rings is 2. The first kappa shape index (κ1) is 31.4. The minimum atomic E-state index is -1.30. The minimum Gasteiger partial charge on any atom is -0.451 e. The van der Waals surface area contributed by atoms with E-state index in [0.717, 1.165) is 10.9 Å². The summed E-state index contributed by atoms with van der Waals surface area (Å²) < 4.78 is 5.80. The van der Waals surface area contributed by atoms with Crippen LogP contribution in [0, 0.1) is 5.41 Å². The van der Waals surface area contributed by atoms with Gasteiger partial charge in [-0.3, -0.25) is 34.6 Å². The van der Waals surface area contributed by atoms with Crippen molar-refractivity contribution in [3.8, 4) is 0 Å². The van der Waals surface area contributed by atoms with Gasteiger partial charge in [-0.05, 0) is 69.5 Å². The van der Waals surface area contributed by atoms with Gasteiger partial charge in [0.15, 0.2) is 6.10 Å². The molecule has 0 saturated carbocycles. The van der Waals surface area contributed by atoms with Crippen molar-refractivity contribution in [2.24, 2.45) is 5.41 Å². The van der Waals surface area contributed by atoms with Crippen LogP contribution in [0.4, 0.5) is 11.6 Å². The van der Waals surface area contributed by atoms with E-state index in [2.05, 4.69) is 21.2 Å². The number of nitrogens with two attached hydrogens (primary N) is 1. The second-order valence-corrected chi connectivity index (χ2v) is 11.9. The molecule has 3 amide bonds. The molecule has 5 N–H and O–H groups in total. The van der Waals surface area contributed by atoms with E-state index in [0.29, 0.717) is 36.4 Å². The van der Waals surface area contributed by atoms with Gasteiger partial charge in [-0.15, -0.1) is 0 Å². The number of amides is 3. The molecule has 1 unspecified atom stereocenters. The van der Waals surface area contributed by atoms with Crippen molar-refractivity contribution in [1.29, 1.82) is 0 Å². The number of benzene rings is 1. The van der Waals surface area contributed by atoms with Gasteiger partial charge in [-0.2, -0.15) is 0 Å². The first-order chi connectivity index (χ1) is 21.4. The average Bonchev–Trinajstić information content (AvgIpc) is 3.02. The van der Waals surface area contributed by atoms with Crippen LogP contribution in [-0.4, -0.2) is 70.4 Å². The van der Waals surface area contributed by atoms with Crippen LogP contribution in [0.25, 0.3) is 17.0 Å². The summed E-state index contributed by atoms with van der Waals surface area (Å²) >= 11 is 0. The number of fused-ring (bicyclic) bond motifs is 4. The lowest BCUT2D eigenvalue weighted by molar-refractivity contribution is -0.162. The van der Waals surface area contributed by atoms with Gasteiger partial charge in [-0.25, -0.2) is 15.4 Å². The number of hydrogen-bond acceptors (Lipinski definition) is 10. The summed E-state index contributed by atoms with van der Waals surface area (Å²) in [7, 11) is 1.69. The lowest BCUT2D eigenvalue weighted by Crippen LogP contribution is -2.62. The van der Waals surface area contributed by atoms with E-state index in [1.807, 2.05) is 24.3 Å². The van der Waals surface area contributed by atoms with Crippen molar-refractivity contribution in [3.63, 3.8) is 0 Å². The molecule has 1 fully saturated rings. The van der Waals surface area contributed by atoms with Gasteiger partial charge in [-0.1, -0.05) is 30.4 Å². The molecule has 0 radical (unpaired) electrons. The van der Waals surface area contributed by atoms with Crippen molar-refractivity contribution in [1.82, 2.24) is 31.1 Å². The number of carbonyl (C=O) groups is 4. The third-order valence-electron chi connectivity index (χ3n) is 7.80. The van der Waals surface area contributed by atoms with Gasteiger partial charge < -0.3 is 15.8 Å². The molecule has 236 valence electrons. The van der Waals surface area contributed by atoms with E-state index in [4.69, 9.17) is 15.5 Å². The summed E-state index contributed by atoms with van der Waals surface area (Å²) in [5.74, 6) is -1.30. The Labute approximate surface area is 261 Å². The van der Waals surface area contributed by atoms with E-state index in [1.165, 1.54) is 16.9 Å². The first-order valence-electron chi connectivity index (χ1n) is 14.8. The Bertz CT molecular complexity index is 1660. The van der Waals surface area contributed by atoms with Gasteiger partial charge in [0.05, 0.1) is 10.9 Å². The summed E-state index contributed by atoms with van der Waals surface area (Å²) in [6.07, 6.45) is 3.22. The SMILES string of the molecule is C[C@@H]1NC(=O)C(Cc2cccc(N)n2)OC(=O)C(C)(C)/C=C/c2ccc3ccc(nc3c2)N(C)NC(=O)[C@@H]2CCCN(N2)C1=O. The number of cyclic esters (lactones) is 1. The smallest absolute Gasteiger partial charge is 0.316 e. The van der Waals surface area contributed by atoms with Gasteiger partial charge >= 0.3 is 5.97 Å². The zero-order valence-corrected chi connectivity index (χ0v) is 25.7. The molecule has 5 rings (SSSR count). The van der Waals surface area contributed by atoms with E-state index in [-0.39, 0.29) is 18.1 Å². The maximum atomic E-state index is 13.5. The predicted molar refractivity (Wildman–Crippen MR) is 169 cm³/mol. The maximum absolute atomic E-state index is 13.5. The third-order valence-corrected chi connectivity index (χ3v) is 7.80. The fraction of sp³-hybridized carbons (Fsp3) is 0.375. The molecule has 13 nitrogen and oxygen atoms in total. The molecule has 5 bridgehead atoms. The Hall–Kier alpha value is -5.04. The highest BCUT2D eigenvalue weighted by molar-refractivity contribution is 5.92. The summed E-state index contributed by atoms with van der Waals surface area (Å²) in [5.41, 5.74) is 12.5. The lowest BCUT2D eigenvalue weighted by atomic mass is 9.92. The highest BCUT2D eigenvalue weighted by Gasteiger charge is 2.35. The zero-order valence-electron chi connectivity index (χ0n) is 25.7. The molecule has 3 aromatic rings. The normalized spacial score (nSPS) is 23.7. The molecule has 2 aromatic heterocycles. The fourth-order valence-electron chi connectivity index (χ4n) is 5.09. The van der Waals surface area contributed by atoms with E-state index in [1.54, 1.807) is 57.3 Å². The van der Waals surface area contributed by atoms with Crippen LogP contribution in [0.5, 0.6) is 0 Å². The molecule has 13 heteroatoms. The molecular weight excluding hydrogens is 576 g/mol. The Morgan fingerprint density at radius 2 is 1.82 bits per heavy atom. The van der Waals surface area contributed by atoms with Gasteiger partial charge in [0.1, 0.15) is 23.7 Å². The number of nitrogen functional groups attached to an aromatic ring is 1. The maximum Gasteiger partial charge on any atom is 0.316 e. The van der Waals surface area contributed by atoms with Crippen LogP contribution in [0.3, 0.4) is 0 Å². The van der Waals surface area contributed by atoms with Crippen molar-refractivity contribution in [3.05, 3.63) is 65.9 Å². The Balaban J connectivity index is 1.50. The fourth-order valence-corrected chi connectivity index (χ4v) is 5.09. The summed E-state index contributed by atoms with van der Waals surface area (Å²) in [6, 6.07) is 12.7. The van der Waals surface area contributed by atoms with Crippen LogP contribution >= 0.6 is 0 Å². The summed E-state index contributed by atoms with van der Waals surface area (Å²) in [4.78, 5) is 62.6. The van der Waals surface area contributed by atoms with Crippen LogP contribution in [0.1, 0.15) is 44.9 Å². The Morgan fingerprint density at radius 1 is 1.04 bits per heavy atom. The topological polar surface area (TPSA) is 172 Å². The van der Waals surface area contributed by atoms with Crippen molar-refractivity contribution in [2.75, 3.05) is 24.3 Å². The van der Waals surface area contributed by atoms with Crippen LogP contribution in [0.15, 0.2) is 54.6 Å². The summed E-state index contributed by atoms with van der Waals surface area (Å²) in [6.45, 7) is 5.26. The molecule has 1 saturated heterocycles. The third kappa shape index (κ3) is 7.37. The number of carbonyl (C=O) groups excluding carboxylic acids is 4. The number of anilines is 2. The van der Waals surface area contributed by atoms with Gasteiger partial charge in [0.2, 0.25) is 0 Å². The number of hydrogen-bond donors (Lipinski definition) is 4. The molecule has 4 heterocycles. The quantitative estimate of drug-likeness (QED) is 0.313. The number of aromatic nitrogens is 2. The van der Waals surface area contributed by atoms with Crippen LogP contribution in [-0.2, 0) is 30.3 Å². The Morgan fingerprint density at radius 3 is 2.60 bits per heavy atom. The molecule has 45 heavy (non-hydrogen) atoms. The van der Waals surface area contributed by atoms with E-state index >= 15 is 0 Å². The van der Waals surface area contributed by atoms with Gasteiger partial charge in [0, 0.05) is 31.1 Å². The molecule has 0 spiro atoms. The minimum absolute atomic E-state index is 0.0558. The number of nitrogens with one attached hydrogen (secondary N) is 3. The number of hydrazine groups is 2. The predicted octanol–water partition coefficient (Wildman–Crippen LogP) is 1.89. The monoisotopic (exact) mass is 614 g/mol. The number of nitrogens with zero attached hydrogens (tertiary/aromatic N) is 4.